The smallest absolute Gasteiger partial charge is 0.290 e. The highest BCUT2D eigenvalue weighted by atomic mass is 35.5. The Bertz CT molecular complexity index is 1420. The van der Waals surface area contributed by atoms with Gasteiger partial charge in [-0.15, -0.1) is 11.3 Å². The molecule has 2 amide bonds. The predicted octanol–water partition coefficient (Wildman–Crippen LogP) is 7.10. The summed E-state index contributed by atoms with van der Waals surface area (Å²) in [5.41, 5.74) is 3.29. The molecular formula is C22H12Cl3N3O2S2. The summed E-state index contributed by atoms with van der Waals surface area (Å²) in [5, 5.41) is 2.79. The van der Waals surface area contributed by atoms with Gasteiger partial charge >= 0.3 is 0 Å². The van der Waals surface area contributed by atoms with Gasteiger partial charge in [0.15, 0.2) is 0 Å². The van der Waals surface area contributed by atoms with Gasteiger partial charge in [-0.05, 0) is 47.7 Å². The van der Waals surface area contributed by atoms with Gasteiger partial charge in [0, 0.05) is 10.4 Å². The van der Waals surface area contributed by atoms with Crippen molar-refractivity contribution in [1.82, 2.24) is 14.9 Å². The standard InChI is InChI=1S/C22H12Cl3N3O2S2/c23-14-8-16-17(9-15(14)24)28(10-13-5-6-19(25)31-13)20(26-16)12-3-1-11(2-4-12)7-18-21(29)27-22(30)32-18/h1-9H,10H2,(H,27,29,30)/b18-7+. The van der Waals surface area contributed by atoms with Gasteiger partial charge in [-0.3, -0.25) is 14.9 Å². The molecule has 1 aliphatic rings. The number of fused-ring (bicyclic) bond motifs is 1. The highest BCUT2D eigenvalue weighted by molar-refractivity contribution is 8.18. The molecule has 1 N–H and O–H groups in total. The number of nitrogens with one attached hydrogen (secondary N) is 1. The van der Waals surface area contributed by atoms with Crippen LogP contribution in [0.2, 0.25) is 14.4 Å². The van der Waals surface area contributed by atoms with Crippen LogP contribution in [-0.4, -0.2) is 20.7 Å². The summed E-state index contributed by atoms with van der Waals surface area (Å²) < 4.78 is 2.79. The van der Waals surface area contributed by atoms with Crippen LogP contribution in [0, 0.1) is 0 Å². The molecule has 10 heteroatoms. The molecule has 160 valence electrons. The van der Waals surface area contributed by atoms with Gasteiger partial charge in [0.2, 0.25) is 0 Å². The number of hydrogen-bond acceptors (Lipinski definition) is 5. The lowest BCUT2D eigenvalue weighted by Gasteiger charge is -2.09. The fraction of sp³-hybridized carbons (Fsp3) is 0.0455. The van der Waals surface area contributed by atoms with Gasteiger partial charge in [0.1, 0.15) is 5.82 Å². The topological polar surface area (TPSA) is 64.0 Å². The molecule has 5 rings (SSSR count). The maximum Gasteiger partial charge on any atom is 0.290 e. The zero-order valence-corrected chi connectivity index (χ0v) is 20.0. The average molecular weight is 521 g/mol. The maximum atomic E-state index is 11.8. The summed E-state index contributed by atoms with van der Waals surface area (Å²) in [7, 11) is 0. The lowest BCUT2D eigenvalue weighted by atomic mass is 10.1. The first-order valence-corrected chi connectivity index (χ1v) is 12.1. The fourth-order valence-corrected chi connectivity index (χ4v) is 5.47. The summed E-state index contributed by atoms with van der Waals surface area (Å²) in [5.74, 6) is 0.374. The molecule has 1 saturated heterocycles. The number of rotatable bonds is 4. The second-order valence-electron chi connectivity index (χ2n) is 6.96. The first-order chi connectivity index (χ1) is 15.4. The number of nitrogens with zero attached hydrogens (tertiary/aromatic N) is 2. The van der Waals surface area contributed by atoms with Gasteiger partial charge in [-0.25, -0.2) is 4.98 Å². The lowest BCUT2D eigenvalue weighted by molar-refractivity contribution is -0.115. The Labute approximate surface area is 206 Å². The number of carbonyl (C=O) groups excluding carboxylic acids is 2. The van der Waals surface area contributed by atoms with Crippen LogP contribution in [-0.2, 0) is 11.3 Å². The summed E-state index contributed by atoms with van der Waals surface area (Å²) >= 11 is 21.0. The summed E-state index contributed by atoms with van der Waals surface area (Å²) in [6.07, 6.45) is 1.69. The third kappa shape index (κ3) is 4.19. The molecule has 5 nitrogen and oxygen atoms in total. The Balaban J connectivity index is 1.57. The molecule has 0 aliphatic carbocycles. The number of thiophene rings is 1. The van der Waals surface area contributed by atoms with Crippen LogP contribution in [0.15, 0.2) is 53.4 Å². The minimum atomic E-state index is -0.380. The van der Waals surface area contributed by atoms with E-state index in [4.69, 9.17) is 39.8 Å². The van der Waals surface area contributed by atoms with Crippen LogP contribution in [0.4, 0.5) is 4.79 Å². The monoisotopic (exact) mass is 519 g/mol. The van der Waals surface area contributed by atoms with Crippen molar-refractivity contribution in [2.75, 3.05) is 0 Å². The number of halogens is 3. The number of hydrogen-bond donors (Lipinski definition) is 1. The molecule has 3 heterocycles. The van der Waals surface area contributed by atoms with E-state index in [0.29, 0.717) is 21.5 Å². The SMILES string of the molecule is O=C1NC(=O)/C(=C\c2ccc(-c3nc4cc(Cl)c(Cl)cc4n3Cc3ccc(Cl)s3)cc2)S1. The van der Waals surface area contributed by atoms with Crippen LogP contribution >= 0.6 is 57.9 Å². The molecule has 2 aromatic carbocycles. The Kier molecular flexibility index (Phi) is 5.77. The van der Waals surface area contributed by atoms with Crippen molar-refractivity contribution in [3.63, 3.8) is 0 Å². The zero-order chi connectivity index (χ0) is 22.4. The van der Waals surface area contributed by atoms with Gasteiger partial charge in [-0.2, -0.15) is 0 Å². The largest absolute Gasteiger partial charge is 0.319 e. The van der Waals surface area contributed by atoms with E-state index in [2.05, 4.69) is 9.88 Å². The summed E-state index contributed by atoms with van der Waals surface area (Å²) in [4.78, 5) is 29.4. The Morgan fingerprint density at radius 2 is 1.75 bits per heavy atom. The minimum absolute atomic E-state index is 0.363. The van der Waals surface area contributed by atoms with E-state index in [9.17, 15) is 9.59 Å². The maximum absolute atomic E-state index is 11.8. The Morgan fingerprint density at radius 1 is 1.00 bits per heavy atom. The minimum Gasteiger partial charge on any atom is -0.319 e. The molecule has 0 bridgehead atoms. The molecule has 2 aromatic heterocycles. The molecule has 0 unspecified atom stereocenters. The molecule has 1 fully saturated rings. The number of aromatic nitrogens is 2. The number of thioether (sulfide) groups is 1. The van der Waals surface area contributed by atoms with Crippen molar-refractivity contribution < 1.29 is 9.59 Å². The van der Waals surface area contributed by atoms with E-state index in [-0.39, 0.29) is 11.1 Å². The highest BCUT2D eigenvalue weighted by Gasteiger charge is 2.25. The molecule has 0 spiro atoms. The van der Waals surface area contributed by atoms with Crippen LogP contribution < -0.4 is 5.32 Å². The van der Waals surface area contributed by atoms with Crippen molar-refractivity contribution in [2.45, 2.75) is 6.54 Å². The molecule has 4 aromatic rings. The Morgan fingerprint density at radius 3 is 2.41 bits per heavy atom. The number of imidazole rings is 1. The van der Waals surface area contributed by atoms with Crippen LogP contribution in [0.1, 0.15) is 10.4 Å². The fourth-order valence-electron chi connectivity index (χ4n) is 3.39. The van der Waals surface area contributed by atoms with Crippen molar-refractivity contribution >= 4 is 86.2 Å². The zero-order valence-electron chi connectivity index (χ0n) is 16.1. The van der Waals surface area contributed by atoms with Crippen molar-refractivity contribution in [2.24, 2.45) is 0 Å². The third-order valence-electron chi connectivity index (χ3n) is 4.84. The van der Waals surface area contributed by atoms with E-state index < -0.39 is 0 Å². The summed E-state index contributed by atoms with van der Waals surface area (Å²) in [6, 6.07) is 15.0. The number of imide groups is 1. The molecule has 0 atom stereocenters. The molecule has 0 radical (unpaired) electrons. The number of benzene rings is 2. The van der Waals surface area contributed by atoms with Gasteiger partial charge in [0.25, 0.3) is 11.1 Å². The van der Waals surface area contributed by atoms with Crippen LogP contribution in [0.5, 0.6) is 0 Å². The van der Waals surface area contributed by atoms with E-state index in [0.717, 1.165) is 49.0 Å². The average Bonchev–Trinajstić information content (AvgIpc) is 3.41. The summed E-state index contributed by atoms with van der Waals surface area (Å²) in [6.45, 7) is 0.575. The van der Waals surface area contributed by atoms with Crippen LogP contribution in [0.25, 0.3) is 28.5 Å². The second-order valence-corrected chi connectivity index (χ2v) is 10.6. The van der Waals surface area contributed by atoms with Crippen molar-refractivity contribution in [3.05, 3.63) is 78.3 Å². The first kappa shape index (κ1) is 21.6. The Hall–Kier alpha value is -2.29. The van der Waals surface area contributed by atoms with Crippen LogP contribution in [0.3, 0.4) is 0 Å². The molecular weight excluding hydrogens is 509 g/mol. The van der Waals surface area contributed by atoms with Gasteiger partial charge < -0.3 is 4.57 Å². The third-order valence-corrected chi connectivity index (χ3v) is 7.59. The van der Waals surface area contributed by atoms with E-state index in [1.165, 1.54) is 11.3 Å². The van der Waals surface area contributed by atoms with Gasteiger partial charge in [-0.1, -0.05) is 59.1 Å². The first-order valence-electron chi connectivity index (χ1n) is 9.32. The number of carbonyl (C=O) groups is 2. The van der Waals surface area contributed by atoms with E-state index in [1.54, 1.807) is 12.1 Å². The molecule has 32 heavy (non-hydrogen) atoms. The van der Waals surface area contributed by atoms with E-state index in [1.807, 2.05) is 42.5 Å². The van der Waals surface area contributed by atoms with E-state index >= 15 is 0 Å². The van der Waals surface area contributed by atoms with Crippen molar-refractivity contribution in [1.29, 1.82) is 0 Å². The molecule has 1 aliphatic heterocycles. The normalized spacial score (nSPS) is 15.2. The van der Waals surface area contributed by atoms with Gasteiger partial charge in [0.05, 0.1) is 36.9 Å². The highest BCUT2D eigenvalue weighted by Crippen LogP contribution is 2.34. The predicted molar refractivity (Wildman–Crippen MR) is 133 cm³/mol. The van der Waals surface area contributed by atoms with Crippen molar-refractivity contribution in [3.8, 4) is 11.4 Å². The second kappa shape index (κ2) is 8.57. The number of amides is 2. The quantitative estimate of drug-likeness (QED) is 0.292. The molecule has 0 saturated carbocycles. The lowest BCUT2D eigenvalue weighted by Crippen LogP contribution is -2.17.